The van der Waals surface area contributed by atoms with E-state index in [4.69, 9.17) is 9.84 Å². The van der Waals surface area contributed by atoms with E-state index in [0.717, 1.165) is 11.7 Å². The number of phenols is 1. The Kier molecular flexibility index (Phi) is 4.15. The first-order valence-corrected chi connectivity index (χ1v) is 7.34. The second kappa shape index (κ2) is 6.41. The average Bonchev–Trinajstić information content (AvgIpc) is 3.03. The van der Waals surface area contributed by atoms with Crippen LogP contribution in [0.25, 0.3) is 11.0 Å². The van der Waals surface area contributed by atoms with E-state index in [-0.39, 0.29) is 11.3 Å². The molecule has 1 aromatic heterocycles. The highest BCUT2D eigenvalue weighted by molar-refractivity contribution is 7.00. The van der Waals surface area contributed by atoms with Crippen molar-refractivity contribution in [2.75, 3.05) is 11.9 Å². The molecule has 0 spiro atoms. The molecule has 0 radical (unpaired) electrons. The number of fused-ring (bicyclic) bond motifs is 1. The number of esters is 1. The van der Waals surface area contributed by atoms with E-state index < -0.39 is 18.5 Å². The van der Waals surface area contributed by atoms with Gasteiger partial charge in [-0.25, -0.2) is 4.79 Å². The lowest BCUT2D eigenvalue weighted by Crippen LogP contribution is -2.21. The first-order chi connectivity index (χ1) is 11.1. The summed E-state index contributed by atoms with van der Waals surface area (Å²) < 4.78 is 13.1. The molecule has 0 fully saturated rings. The minimum Gasteiger partial charge on any atom is -0.508 e. The molecular weight excluding hydrogens is 318 g/mol. The molecule has 0 bridgehead atoms. The number of aromatic nitrogens is 2. The van der Waals surface area contributed by atoms with E-state index in [1.54, 1.807) is 18.2 Å². The summed E-state index contributed by atoms with van der Waals surface area (Å²) in [5, 5.41) is 11.8. The smallest absolute Gasteiger partial charge is 0.338 e. The summed E-state index contributed by atoms with van der Waals surface area (Å²) in [7, 11) is 0. The van der Waals surface area contributed by atoms with Gasteiger partial charge in [-0.05, 0) is 36.4 Å². The van der Waals surface area contributed by atoms with Gasteiger partial charge in [0, 0.05) is 0 Å². The number of nitrogens with zero attached hydrogens (tertiary/aromatic N) is 2. The molecule has 1 amide bonds. The SMILES string of the molecule is O=C(COC(=O)c1ccc(O)cc1)Nc1cccc2nsnc12. The van der Waals surface area contributed by atoms with Crippen molar-refractivity contribution >= 4 is 40.3 Å². The third-order valence-electron chi connectivity index (χ3n) is 3.00. The molecule has 0 aliphatic rings. The van der Waals surface area contributed by atoms with Gasteiger partial charge in [0.05, 0.1) is 23.0 Å². The fourth-order valence-corrected chi connectivity index (χ4v) is 2.45. The lowest BCUT2D eigenvalue weighted by atomic mass is 10.2. The van der Waals surface area contributed by atoms with Crippen molar-refractivity contribution in [3.05, 3.63) is 48.0 Å². The van der Waals surface area contributed by atoms with E-state index >= 15 is 0 Å². The molecule has 0 saturated heterocycles. The van der Waals surface area contributed by atoms with Crippen LogP contribution in [0.4, 0.5) is 5.69 Å². The largest absolute Gasteiger partial charge is 0.508 e. The summed E-state index contributed by atoms with van der Waals surface area (Å²) in [6, 6.07) is 10.8. The maximum absolute atomic E-state index is 11.9. The lowest BCUT2D eigenvalue weighted by molar-refractivity contribution is -0.119. The standard InChI is InChI=1S/C15H11N3O4S/c19-10-6-4-9(5-7-10)15(21)22-8-13(20)16-11-2-1-3-12-14(11)18-23-17-12/h1-7,19H,8H2,(H,16,20). The van der Waals surface area contributed by atoms with Crippen LogP contribution >= 0.6 is 11.7 Å². The maximum atomic E-state index is 11.9. The number of anilines is 1. The fourth-order valence-electron chi connectivity index (χ4n) is 1.91. The Bertz CT molecular complexity index is 861. The Morgan fingerprint density at radius 2 is 1.91 bits per heavy atom. The molecule has 0 saturated carbocycles. The zero-order valence-corrected chi connectivity index (χ0v) is 12.5. The van der Waals surface area contributed by atoms with E-state index in [9.17, 15) is 9.59 Å². The van der Waals surface area contributed by atoms with Crippen molar-refractivity contribution in [3.63, 3.8) is 0 Å². The van der Waals surface area contributed by atoms with Gasteiger partial charge in [-0.2, -0.15) is 8.75 Å². The highest BCUT2D eigenvalue weighted by atomic mass is 32.1. The number of nitrogens with one attached hydrogen (secondary N) is 1. The molecule has 0 aliphatic heterocycles. The first-order valence-electron chi connectivity index (χ1n) is 6.61. The Morgan fingerprint density at radius 1 is 1.13 bits per heavy atom. The van der Waals surface area contributed by atoms with Crippen LogP contribution in [0.1, 0.15) is 10.4 Å². The molecule has 2 N–H and O–H groups in total. The van der Waals surface area contributed by atoms with Crippen LogP contribution in [0, 0.1) is 0 Å². The zero-order chi connectivity index (χ0) is 16.2. The van der Waals surface area contributed by atoms with Gasteiger partial charge in [0.25, 0.3) is 5.91 Å². The molecule has 23 heavy (non-hydrogen) atoms. The quantitative estimate of drug-likeness (QED) is 0.712. The monoisotopic (exact) mass is 329 g/mol. The predicted octanol–water partition coefficient (Wildman–Crippen LogP) is 2.19. The van der Waals surface area contributed by atoms with Gasteiger partial charge >= 0.3 is 5.97 Å². The maximum Gasteiger partial charge on any atom is 0.338 e. The van der Waals surface area contributed by atoms with Crippen LogP contribution < -0.4 is 5.32 Å². The summed E-state index contributed by atoms with van der Waals surface area (Å²) in [6.07, 6.45) is 0. The number of benzene rings is 2. The summed E-state index contributed by atoms with van der Waals surface area (Å²) in [4.78, 5) is 23.7. The van der Waals surface area contributed by atoms with Crippen molar-refractivity contribution < 1.29 is 19.4 Å². The van der Waals surface area contributed by atoms with Gasteiger partial charge in [-0.3, -0.25) is 4.79 Å². The van der Waals surface area contributed by atoms with E-state index in [1.165, 1.54) is 24.3 Å². The molecule has 3 rings (SSSR count). The Hall–Kier alpha value is -3.00. The van der Waals surface area contributed by atoms with Gasteiger partial charge in [-0.1, -0.05) is 6.07 Å². The molecular formula is C15H11N3O4S. The number of phenolic OH excluding ortho intramolecular Hbond substituents is 1. The number of amides is 1. The molecule has 8 heteroatoms. The molecule has 3 aromatic rings. The number of hydrogen-bond acceptors (Lipinski definition) is 7. The van der Waals surface area contributed by atoms with Crippen LogP contribution in [0.15, 0.2) is 42.5 Å². The number of carbonyl (C=O) groups is 2. The Balaban J connectivity index is 1.60. The van der Waals surface area contributed by atoms with Crippen LogP contribution in [-0.2, 0) is 9.53 Å². The number of carbonyl (C=O) groups excluding carboxylic acids is 2. The molecule has 0 unspecified atom stereocenters. The van der Waals surface area contributed by atoms with E-state index in [1.807, 2.05) is 0 Å². The van der Waals surface area contributed by atoms with Crippen LogP contribution in [0.3, 0.4) is 0 Å². The van der Waals surface area contributed by atoms with Gasteiger partial charge in [0.15, 0.2) is 6.61 Å². The molecule has 116 valence electrons. The molecule has 0 aliphatic carbocycles. The van der Waals surface area contributed by atoms with Gasteiger partial charge in [0.1, 0.15) is 16.8 Å². The van der Waals surface area contributed by atoms with Crippen molar-refractivity contribution in [1.82, 2.24) is 8.75 Å². The third kappa shape index (κ3) is 3.43. The Morgan fingerprint density at radius 3 is 2.70 bits per heavy atom. The summed E-state index contributed by atoms with van der Waals surface area (Å²) in [6.45, 7) is -0.423. The van der Waals surface area contributed by atoms with Crippen LogP contribution in [-0.4, -0.2) is 32.3 Å². The molecule has 1 heterocycles. The Labute approximate surface area is 134 Å². The van der Waals surface area contributed by atoms with Crippen molar-refractivity contribution in [3.8, 4) is 5.75 Å². The lowest BCUT2D eigenvalue weighted by Gasteiger charge is -2.07. The zero-order valence-electron chi connectivity index (χ0n) is 11.7. The normalized spacial score (nSPS) is 10.4. The van der Waals surface area contributed by atoms with E-state index in [0.29, 0.717) is 16.7 Å². The minimum atomic E-state index is -0.645. The van der Waals surface area contributed by atoms with Crippen LogP contribution in [0.2, 0.25) is 0 Å². The van der Waals surface area contributed by atoms with Crippen molar-refractivity contribution in [2.24, 2.45) is 0 Å². The summed E-state index contributed by atoms with van der Waals surface area (Å²) in [5.74, 6) is -1.07. The van der Waals surface area contributed by atoms with Gasteiger partial charge in [0.2, 0.25) is 0 Å². The molecule has 2 aromatic carbocycles. The van der Waals surface area contributed by atoms with Crippen molar-refractivity contribution in [2.45, 2.75) is 0 Å². The second-order valence-electron chi connectivity index (χ2n) is 4.61. The second-order valence-corrected chi connectivity index (χ2v) is 5.14. The predicted molar refractivity (Wildman–Crippen MR) is 84.4 cm³/mol. The highest BCUT2D eigenvalue weighted by Crippen LogP contribution is 2.21. The van der Waals surface area contributed by atoms with Gasteiger partial charge < -0.3 is 15.2 Å². The highest BCUT2D eigenvalue weighted by Gasteiger charge is 2.12. The number of rotatable bonds is 4. The van der Waals surface area contributed by atoms with Crippen molar-refractivity contribution in [1.29, 1.82) is 0 Å². The number of hydrogen-bond donors (Lipinski definition) is 2. The fraction of sp³-hybridized carbons (Fsp3) is 0.0667. The van der Waals surface area contributed by atoms with Crippen LogP contribution in [0.5, 0.6) is 5.75 Å². The third-order valence-corrected chi connectivity index (χ3v) is 3.54. The molecule has 7 nitrogen and oxygen atoms in total. The molecule has 0 atom stereocenters. The summed E-state index contributed by atoms with van der Waals surface area (Å²) in [5.41, 5.74) is 2.05. The number of aromatic hydroxyl groups is 1. The average molecular weight is 329 g/mol. The first kappa shape index (κ1) is 14.9. The van der Waals surface area contributed by atoms with E-state index in [2.05, 4.69) is 14.1 Å². The summed E-state index contributed by atoms with van der Waals surface area (Å²) >= 11 is 1.05. The minimum absolute atomic E-state index is 0.0456. The topological polar surface area (TPSA) is 101 Å². The van der Waals surface area contributed by atoms with Gasteiger partial charge in [-0.15, -0.1) is 0 Å². The number of ether oxygens (including phenoxy) is 1.